The first-order valence-corrected chi connectivity index (χ1v) is 10.7. The highest BCUT2D eigenvalue weighted by molar-refractivity contribution is 5.95. The molecule has 0 N–H and O–H groups in total. The third-order valence-electron chi connectivity index (χ3n) is 9.95. The summed E-state index contributed by atoms with van der Waals surface area (Å²) in [6.45, 7) is 16.8. The quantitative estimate of drug-likeness (QED) is 0.564. The van der Waals surface area contributed by atoms with Gasteiger partial charge in [0.2, 0.25) is 0 Å². The summed E-state index contributed by atoms with van der Waals surface area (Å²) < 4.78 is 0. The monoisotopic (exact) mass is 342 g/mol. The van der Waals surface area contributed by atoms with Gasteiger partial charge in [0, 0.05) is 35.3 Å². The molecular weight excluding hydrogens is 304 g/mol. The van der Waals surface area contributed by atoms with Gasteiger partial charge < -0.3 is 0 Å². The molecule has 0 saturated heterocycles. The second-order valence-electron chi connectivity index (χ2n) is 11.0. The van der Waals surface area contributed by atoms with Crippen molar-refractivity contribution in [2.45, 2.75) is 86.5 Å². The maximum absolute atomic E-state index is 5.08. The van der Waals surface area contributed by atoms with Gasteiger partial charge in [-0.05, 0) is 67.6 Å². The van der Waals surface area contributed by atoms with Gasteiger partial charge in [-0.1, -0.05) is 41.5 Å². The minimum atomic E-state index is 0.367. The summed E-state index contributed by atoms with van der Waals surface area (Å²) in [6, 6.07) is 0. The summed E-state index contributed by atoms with van der Waals surface area (Å²) in [5.74, 6) is 1.74. The van der Waals surface area contributed by atoms with E-state index in [4.69, 9.17) is 9.98 Å². The van der Waals surface area contributed by atoms with E-state index in [1.165, 1.54) is 49.9 Å². The van der Waals surface area contributed by atoms with Crippen molar-refractivity contribution in [3.8, 4) is 0 Å². The highest BCUT2D eigenvalue weighted by Crippen LogP contribution is 2.64. The Labute approximate surface area is 155 Å². The lowest BCUT2D eigenvalue weighted by Crippen LogP contribution is -2.33. The fraction of sp³-hybridized carbons (Fsp3) is 0.913. The lowest BCUT2D eigenvalue weighted by Gasteiger charge is -2.34. The van der Waals surface area contributed by atoms with Crippen LogP contribution in [0.1, 0.15) is 86.5 Å². The highest BCUT2D eigenvalue weighted by Gasteiger charge is 2.60. The topological polar surface area (TPSA) is 24.7 Å². The van der Waals surface area contributed by atoms with Gasteiger partial charge in [0.1, 0.15) is 0 Å². The molecule has 4 saturated carbocycles. The number of nitrogens with zero attached hydrogens (tertiary/aromatic N) is 2. The molecule has 140 valence electrons. The molecule has 4 bridgehead atoms. The van der Waals surface area contributed by atoms with Crippen molar-refractivity contribution >= 4 is 11.4 Å². The van der Waals surface area contributed by atoms with Gasteiger partial charge in [0.05, 0.1) is 0 Å². The zero-order valence-electron chi connectivity index (χ0n) is 17.4. The van der Waals surface area contributed by atoms with E-state index >= 15 is 0 Å². The maximum atomic E-state index is 5.08. The molecule has 2 heteroatoms. The molecule has 0 spiro atoms. The molecule has 0 aromatic carbocycles. The minimum Gasteiger partial charge on any atom is -0.293 e. The predicted molar refractivity (Wildman–Crippen MR) is 108 cm³/mol. The molecule has 4 rings (SSSR count). The van der Waals surface area contributed by atoms with Gasteiger partial charge in [-0.25, -0.2) is 0 Å². The maximum Gasteiger partial charge on any atom is 0.0406 e. The molecule has 0 aromatic heterocycles. The number of rotatable bonds is 4. The van der Waals surface area contributed by atoms with Gasteiger partial charge in [-0.15, -0.1) is 0 Å². The molecule has 0 aliphatic heterocycles. The Morgan fingerprint density at radius 2 is 1.12 bits per heavy atom. The molecule has 4 atom stereocenters. The summed E-state index contributed by atoms with van der Waals surface area (Å²) in [5.41, 5.74) is 4.69. The van der Waals surface area contributed by atoms with Gasteiger partial charge in [-0.3, -0.25) is 9.98 Å². The first-order valence-electron chi connectivity index (χ1n) is 10.7. The van der Waals surface area contributed by atoms with Crippen molar-refractivity contribution in [3.63, 3.8) is 0 Å². The van der Waals surface area contributed by atoms with E-state index in [2.05, 4.69) is 41.5 Å². The van der Waals surface area contributed by atoms with Crippen molar-refractivity contribution < 1.29 is 0 Å². The van der Waals surface area contributed by atoms with Crippen molar-refractivity contribution in [2.24, 2.45) is 43.5 Å². The van der Waals surface area contributed by atoms with Crippen LogP contribution >= 0.6 is 0 Å². The zero-order chi connectivity index (χ0) is 18.1. The van der Waals surface area contributed by atoms with E-state index < -0.39 is 0 Å². The molecular formula is C23H38N2. The second kappa shape index (κ2) is 5.42. The summed E-state index contributed by atoms with van der Waals surface area (Å²) in [6.07, 6.45) is 9.14. The van der Waals surface area contributed by atoms with Crippen LogP contribution in [-0.2, 0) is 0 Å². The van der Waals surface area contributed by atoms with Crippen molar-refractivity contribution in [2.75, 3.05) is 13.1 Å². The van der Waals surface area contributed by atoms with Crippen LogP contribution in [0.25, 0.3) is 0 Å². The first-order chi connectivity index (χ1) is 11.6. The molecule has 0 heterocycles. The second-order valence-corrected chi connectivity index (χ2v) is 11.0. The molecule has 25 heavy (non-hydrogen) atoms. The Bertz CT molecular complexity index is 572. The van der Waals surface area contributed by atoms with Crippen LogP contribution in [0, 0.1) is 33.5 Å². The molecule has 0 amide bonds. The lowest BCUT2D eigenvalue weighted by molar-refractivity contribution is 0.193. The lowest BCUT2D eigenvalue weighted by atomic mass is 9.70. The van der Waals surface area contributed by atoms with Crippen molar-refractivity contribution in [1.82, 2.24) is 0 Å². The van der Waals surface area contributed by atoms with E-state index in [0.717, 1.165) is 31.3 Å². The number of hydrogen-bond donors (Lipinski definition) is 0. The first kappa shape index (κ1) is 17.7. The Morgan fingerprint density at radius 3 is 1.40 bits per heavy atom. The van der Waals surface area contributed by atoms with Gasteiger partial charge in [-0.2, -0.15) is 0 Å². The number of aliphatic imine (C=N–C) groups is 2. The van der Waals surface area contributed by atoms with Gasteiger partial charge in [0.15, 0.2) is 0 Å². The Hall–Kier alpha value is -0.660. The van der Waals surface area contributed by atoms with E-state index in [1.807, 2.05) is 0 Å². The number of fused-ring (bicyclic) bond motifs is 4. The average Bonchev–Trinajstić information content (AvgIpc) is 3.06. The smallest absolute Gasteiger partial charge is 0.0406 e. The van der Waals surface area contributed by atoms with Crippen LogP contribution in [0.3, 0.4) is 0 Å². The molecule has 0 radical (unpaired) electrons. The minimum absolute atomic E-state index is 0.367. The summed E-state index contributed by atoms with van der Waals surface area (Å²) in [5, 5.41) is 0. The predicted octanol–water partition coefficient (Wildman–Crippen LogP) is 5.95. The van der Waals surface area contributed by atoms with Crippen LogP contribution in [0.5, 0.6) is 0 Å². The molecule has 0 unspecified atom stereocenters. The van der Waals surface area contributed by atoms with Crippen LogP contribution < -0.4 is 0 Å². The van der Waals surface area contributed by atoms with Gasteiger partial charge in [0.25, 0.3) is 0 Å². The van der Waals surface area contributed by atoms with E-state index in [0.29, 0.717) is 21.7 Å². The average molecular weight is 343 g/mol. The van der Waals surface area contributed by atoms with Crippen LogP contribution in [0.4, 0.5) is 0 Å². The van der Waals surface area contributed by atoms with E-state index in [1.54, 1.807) is 0 Å². The van der Waals surface area contributed by atoms with Crippen molar-refractivity contribution in [3.05, 3.63) is 0 Å². The Kier molecular flexibility index (Phi) is 3.85. The number of hydrogen-bond acceptors (Lipinski definition) is 2. The fourth-order valence-electron chi connectivity index (χ4n) is 6.83. The van der Waals surface area contributed by atoms with Gasteiger partial charge >= 0.3 is 0 Å². The van der Waals surface area contributed by atoms with E-state index in [9.17, 15) is 0 Å². The largest absolute Gasteiger partial charge is 0.293 e. The normalized spacial score (nSPS) is 46.6. The Morgan fingerprint density at radius 1 is 0.720 bits per heavy atom. The molecule has 4 aliphatic carbocycles. The molecule has 4 fully saturated rings. The Balaban J connectivity index is 1.35. The molecule has 0 aromatic rings. The zero-order valence-corrected chi connectivity index (χ0v) is 17.4. The summed E-state index contributed by atoms with van der Waals surface area (Å²) >= 11 is 0. The van der Waals surface area contributed by atoms with E-state index in [-0.39, 0.29) is 0 Å². The van der Waals surface area contributed by atoms with Crippen molar-refractivity contribution in [1.29, 1.82) is 0 Å². The summed E-state index contributed by atoms with van der Waals surface area (Å²) in [7, 11) is 0. The third kappa shape index (κ3) is 2.21. The third-order valence-corrected chi connectivity index (χ3v) is 9.95. The van der Waals surface area contributed by atoms with Crippen LogP contribution in [-0.4, -0.2) is 24.5 Å². The SMILES string of the molecule is CC1(C)[C@@H]2CC[C@@]1(C)C(=NCCCN=C1C[C@H]3CC[C@]1(C)C3(C)C)C2. The van der Waals surface area contributed by atoms with Crippen LogP contribution in [0.15, 0.2) is 9.98 Å². The fourth-order valence-corrected chi connectivity index (χ4v) is 6.83. The molecule has 4 aliphatic rings. The van der Waals surface area contributed by atoms with Crippen LogP contribution in [0.2, 0.25) is 0 Å². The highest BCUT2D eigenvalue weighted by atomic mass is 14.8. The standard InChI is InChI=1S/C23H38N2/c1-20(2)16-8-10-22(20,5)18(14-16)24-12-7-13-25-19-15-17-9-11-23(19,6)21(17,3)4/h16-17H,7-15H2,1-6H3/t16-,17-,22+,23+/m1/s1. The molecule has 2 nitrogen and oxygen atoms in total. The summed E-state index contributed by atoms with van der Waals surface area (Å²) in [4.78, 5) is 10.2.